The molecule has 1 heteroatoms. The molecule has 32 heavy (non-hydrogen) atoms. The Bertz CT molecular complexity index is 1150. The van der Waals surface area contributed by atoms with Gasteiger partial charge in [0, 0.05) is 0 Å². The zero-order chi connectivity index (χ0) is 22.3. The molecule has 0 nitrogen and oxygen atoms in total. The van der Waals surface area contributed by atoms with Crippen LogP contribution in [-0.4, -0.2) is 0 Å². The normalized spacial score (nSPS) is 11.7. The van der Waals surface area contributed by atoms with Crippen molar-refractivity contribution in [2.75, 3.05) is 0 Å². The SMILES string of the molecule is CC/C=C(\CC)c1cccc(C)c1-c1ccccc1P(c1ccccc1)c1ccccc1. The summed E-state index contributed by atoms with van der Waals surface area (Å²) in [4.78, 5) is 0. The smallest absolute Gasteiger partial charge is 0.00723 e. The first-order chi connectivity index (χ1) is 15.7. The molecule has 4 rings (SSSR count). The van der Waals surface area contributed by atoms with E-state index in [1.165, 1.54) is 43.7 Å². The van der Waals surface area contributed by atoms with E-state index in [-0.39, 0.29) is 0 Å². The van der Waals surface area contributed by atoms with Gasteiger partial charge in [0.15, 0.2) is 0 Å². The van der Waals surface area contributed by atoms with Gasteiger partial charge >= 0.3 is 0 Å². The third-order valence-electron chi connectivity index (χ3n) is 5.89. The van der Waals surface area contributed by atoms with Crippen LogP contribution in [0.15, 0.2) is 109 Å². The minimum Gasteiger partial charge on any atom is -0.0810 e. The summed E-state index contributed by atoms with van der Waals surface area (Å²) in [6.07, 6.45) is 4.48. The van der Waals surface area contributed by atoms with E-state index in [4.69, 9.17) is 0 Å². The first-order valence-corrected chi connectivity index (χ1v) is 12.9. The van der Waals surface area contributed by atoms with Crippen molar-refractivity contribution in [3.05, 3.63) is 120 Å². The van der Waals surface area contributed by atoms with E-state index in [1.54, 1.807) is 0 Å². The van der Waals surface area contributed by atoms with Gasteiger partial charge in [-0.25, -0.2) is 0 Å². The first-order valence-electron chi connectivity index (χ1n) is 11.5. The van der Waals surface area contributed by atoms with Gasteiger partial charge in [-0.05, 0) is 71.4 Å². The maximum Gasteiger partial charge on any atom is -0.00723 e. The summed E-state index contributed by atoms with van der Waals surface area (Å²) in [5, 5.41) is 4.19. The van der Waals surface area contributed by atoms with Crippen molar-refractivity contribution in [2.24, 2.45) is 0 Å². The lowest BCUT2D eigenvalue weighted by Crippen LogP contribution is -2.22. The molecule has 0 aliphatic rings. The number of aryl methyl sites for hydroxylation is 1. The molecule has 0 amide bonds. The molecule has 0 unspecified atom stereocenters. The predicted octanol–water partition coefficient (Wildman–Crippen LogP) is 7.62. The standard InChI is InChI=1S/C31H31P/c1-4-15-25(5-2)28-22-14-16-24(3)31(28)29-21-12-13-23-30(29)32(26-17-8-6-9-18-26)27-19-10-7-11-20-27/h6-23H,4-5H2,1-3H3/b25-15+. The number of allylic oxidation sites excluding steroid dienone is 2. The quantitative estimate of drug-likeness (QED) is 0.262. The zero-order valence-electron chi connectivity index (χ0n) is 19.3. The van der Waals surface area contributed by atoms with E-state index in [0.29, 0.717) is 0 Å². The Morgan fingerprint density at radius 2 is 1.28 bits per heavy atom. The van der Waals surface area contributed by atoms with Crippen molar-refractivity contribution < 1.29 is 0 Å². The van der Waals surface area contributed by atoms with Crippen LogP contribution in [0.3, 0.4) is 0 Å². The van der Waals surface area contributed by atoms with Gasteiger partial charge in [0.2, 0.25) is 0 Å². The summed E-state index contributed by atoms with van der Waals surface area (Å²) in [6.45, 7) is 6.74. The molecule has 0 bridgehead atoms. The van der Waals surface area contributed by atoms with E-state index in [9.17, 15) is 0 Å². The van der Waals surface area contributed by atoms with Crippen molar-refractivity contribution in [3.8, 4) is 11.1 Å². The molecule has 4 aromatic rings. The fourth-order valence-corrected chi connectivity index (χ4v) is 6.90. The van der Waals surface area contributed by atoms with Gasteiger partial charge in [-0.15, -0.1) is 0 Å². The van der Waals surface area contributed by atoms with E-state index in [2.05, 4.69) is 130 Å². The summed E-state index contributed by atoms with van der Waals surface area (Å²) in [5.74, 6) is 0. The van der Waals surface area contributed by atoms with Gasteiger partial charge in [0.1, 0.15) is 0 Å². The van der Waals surface area contributed by atoms with Crippen molar-refractivity contribution in [2.45, 2.75) is 33.6 Å². The number of hydrogen-bond acceptors (Lipinski definition) is 0. The molecule has 0 radical (unpaired) electrons. The molecular formula is C31H31P. The van der Waals surface area contributed by atoms with Crippen molar-refractivity contribution >= 4 is 29.4 Å². The number of rotatable bonds is 7. The van der Waals surface area contributed by atoms with Crippen molar-refractivity contribution in [1.82, 2.24) is 0 Å². The van der Waals surface area contributed by atoms with E-state index in [1.807, 2.05) is 0 Å². The van der Waals surface area contributed by atoms with Crippen molar-refractivity contribution in [3.63, 3.8) is 0 Å². The van der Waals surface area contributed by atoms with Crippen LogP contribution in [0.2, 0.25) is 0 Å². The van der Waals surface area contributed by atoms with Crippen LogP contribution >= 0.6 is 7.92 Å². The highest BCUT2D eigenvalue weighted by atomic mass is 31.1. The number of hydrogen-bond donors (Lipinski definition) is 0. The van der Waals surface area contributed by atoms with Crippen LogP contribution in [0.1, 0.15) is 37.8 Å². The Hall–Kier alpha value is -2.95. The first kappa shape index (κ1) is 22.3. The molecule has 0 N–H and O–H groups in total. The fourth-order valence-electron chi connectivity index (χ4n) is 4.45. The lowest BCUT2D eigenvalue weighted by Gasteiger charge is -2.24. The second-order valence-corrected chi connectivity index (χ2v) is 10.2. The summed E-state index contributed by atoms with van der Waals surface area (Å²) in [5.41, 5.74) is 6.88. The van der Waals surface area contributed by atoms with Crippen LogP contribution in [0.5, 0.6) is 0 Å². The Morgan fingerprint density at radius 3 is 1.88 bits per heavy atom. The minimum absolute atomic E-state index is 0.666. The van der Waals surface area contributed by atoms with Gasteiger partial charge in [0.05, 0.1) is 0 Å². The Balaban J connectivity index is 1.99. The zero-order valence-corrected chi connectivity index (χ0v) is 20.1. The third-order valence-corrected chi connectivity index (χ3v) is 8.39. The molecule has 4 aromatic carbocycles. The second kappa shape index (κ2) is 10.6. The highest BCUT2D eigenvalue weighted by molar-refractivity contribution is 7.80. The highest BCUT2D eigenvalue weighted by Gasteiger charge is 2.22. The fraction of sp³-hybridized carbons (Fsp3) is 0.161. The van der Waals surface area contributed by atoms with Crippen LogP contribution in [0.25, 0.3) is 16.7 Å². The van der Waals surface area contributed by atoms with Crippen molar-refractivity contribution in [1.29, 1.82) is 0 Å². The van der Waals surface area contributed by atoms with Crippen LogP contribution in [0, 0.1) is 6.92 Å². The van der Waals surface area contributed by atoms with Gasteiger partial charge < -0.3 is 0 Å². The molecule has 0 saturated heterocycles. The average molecular weight is 435 g/mol. The summed E-state index contributed by atoms with van der Waals surface area (Å²) in [7, 11) is -0.666. The molecule has 0 heterocycles. The monoisotopic (exact) mass is 434 g/mol. The maximum absolute atomic E-state index is 2.39. The highest BCUT2D eigenvalue weighted by Crippen LogP contribution is 2.40. The van der Waals surface area contributed by atoms with E-state index >= 15 is 0 Å². The summed E-state index contributed by atoms with van der Waals surface area (Å²) < 4.78 is 0. The lowest BCUT2D eigenvalue weighted by atomic mass is 9.89. The molecule has 0 spiro atoms. The Kier molecular flexibility index (Phi) is 7.35. The lowest BCUT2D eigenvalue weighted by molar-refractivity contribution is 1.17. The molecule has 0 aliphatic carbocycles. The minimum atomic E-state index is -0.666. The van der Waals surface area contributed by atoms with E-state index in [0.717, 1.165) is 12.8 Å². The van der Waals surface area contributed by atoms with Gasteiger partial charge in [-0.2, -0.15) is 0 Å². The molecule has 0 atom stereocenters. The predicted molar refractivity (Wildman–Crippen MR) is 144 cm³/mol. The molecule has 0 fully saturated rings. The van der Waals surface area contributed by atoms with Gasteiger partial charge in [-0.1, -0.05) is 123 Å². The molecule has 0 aliphatic heterocycles. The van der Waals surface area contributed by atoms with Crippen LogP contribution < -0.4 is 15.9 Å². The van der Waals surface area contributed by atoms with Crippen LogP contribution in [0.4, 0.5) is 0 Å². The largest absolute Gasteiger partial charge is 0.0810 e. The molecule has 0 saturated carbocycles. The average Bonchev–Trinajstić information content (AvgIpc) is 2.84. The Morgan fingerprint density at radius 1 is 0.688 bits per heavy atom. The van der Waals surface area contributed by atoms with Gasteiger partial charge in [0.25, 0.3) is 0 Å². The molecular weight excluding hydrogens is 403 g/mol. The third kappa shape index (κ3) is 4.62. The van der Waals surface area contributed by atoms with E-state index < -0.39 is 7.92 Å². The van der Waals surface area contributed by atoms with Crippen LogP contribution in [-0.2, 0) is 0 Å². The maximum atomic E-state index is 2.39. The topological polar surface area (TPSA) is 0 Å². The summed E-state index contributed by atoms with van der Waals surface area (Å²) >= 11 is 0. The second-order valence-electron chi connectivity index (χ2n) is 8.01. The summed E-state index contributed by atoms with van der Waals surface area (Å²) in [6, 6.07) is 37.8. The Labute approximate surface area is 194 Å². The molecule has 0 aromatic heterocycles. The number of benzene rings is 4. The van der Waals surface area contributed by atoms with Gasteiger partial charge in [-0.3, -0.25) is 0 Å². The molecule has 160 valence electrons.